The second-order valence-electron chi connectivity index (χ2n) is 7.55. The predicted octanol–water partition coefficient (Wildman–Crippen LogP) is 7.46. The van der Waals surface area contributed by atoms with Crippen LogP contribution in [0.25, 0.3) is 0 Å². The summed E-state index contributed by atoms with van der Waals surface area (Å²) < 4.78 is 33.7. The van der Waals surface area contributed by atoms with Gasteiger partial charge in [-0.2, -0.15) is 0 Å². The van der Waals surface area contributed by atoms with E-state index in [1.807, 2.05) is 18.3 Å². The number of hydrogen-bond acceptors (Lipinski definition) is 3. The van der Waals surface area contributed by atoms with Crippen molar-refractivity contribution in [3.05, 3.63) is 93.0 Å². The number of aryl methyl sites for hydroxylation is 1. The molecule has 0 saturated carbocycles. The summed E-state index contributed by atoms with van der Waals surface area (Å²) in [5.74, 6) is -2.73. The van der Waals surface area contributed by atoms with Crippen molar-refractivity contribution in [2.75, 3.05) is 5.32 Å². The number of hydrogen-bond donors (Lipinski definition) is 2. The molecule has 0 aromatic heterocycles. The summed E-state index contributed by atoms with van der Waals surface area (Å²) in [5.41, 5.74) is 1.06. The van der Waals surface area contributed by atoms with Gasteiger partial charge in [0.1, 0.15) is 29.1 Å². The van der Waals surface area contributed by atoms with Gasteiger partial charge in [-0.3, -0.25) is 10.1 Å². The molecule has 3 aromatic rings. The smallest absolute Gasteiger partial charge is 0.326 e. The molecule has 3 aromatic carbocycles. The normalized spacial score (nSPS) is 11.6. The van der Waals surface area contributed by atoms with Crippen molar-refractivity contribution in [2.45, 2.75) is 32.8 Å². The summed E-state index contributed by atoms with van der Waals surface area (Å²) in [4.78, 5) is 24.3. The molecule has 34 heavy (non-hydrogen) atoms. The number of anilines is 1. The second-order valence-corrected chi connectivity index (χ2v) is 8.39. The Morgan fingerprint density at radius 2 is 1.74 bits per heavy atom. The third-order valence-electron chi connectivity index (χ3n) is 4.98. The molecule has 3 rings (SSSR count). The predicted molar refractivity (Wildman–Crippen MR) is 129 cm³/mol. The van der Waals surface area contributed by atoms with E-state index in [1.165, 1.54) is 0 Å². The largest absolute Gasteiger partial charge is 0.485 e. The minimum absolute atomic E-state index is 0.302. The van der Waals surface area contributed by atoms with Crippen LogP contribution in [-0.2, 0) is 0 Å². The molecule has 5 nitrogen and oxygen atoms in total. The van der Waals surface area contributed by atoms with Gasteiger partial charge >= 0.3 is 6.03 Å². The molecule has 0 aliphatic heterocycles. The number of carbonyl (C=O) groups excluding carboxylic acids is 2. The molecule has 0 fully saturated rings. The average Bonchev–Trinajstić information content (AvgIpc) is 2.75. The number of benzene rings is 3. The number of amides is 3. The molecule has 0 heterocycles. The van der Waals surface area contributed by atoms with Gasteiger partial charge in [0.15, 0.2) is 0 Å². The zero-order valence-electron chi connectivity index (χ0n) is 18.4. The Hall–Kier alpha value is -3.16. The Bertz CT molecular complexity index is 1200. The molecule has 0 saturated heterocycles. The summed E-state index contributed by atoms with van der Waals surface area (Å²) in [7, 11) is 0. The van der Waals surface area contributed by atoms with E-state index < -0.39 is 29.1 Å². The van der Waals surface area contributed by atoms with Crippen molar-refractivity contribution in [2.24, 2.45) is 0 Å². The molecule has 1 unspecified atom stereocenters. The number of urea groups is 1. The van der Waals surface area contributed by atoms with E-state index in [9.17, 15) is 18.4 Å². The summed E-state index contributed by atoms with van der Waals surface area (Å²) in [6.07, 6.45) is 1.28. The van der Waals surface area contributed by atoms with Crippen LogP contribution < -0.4 is 15.4 Å². The zero-order valence-corrected chi connectivity index (χ0v) is 19.9. The lowest BCUT2D eigenvalue weighted by atomic mass is 10.0. The molecular formula is C25H22Cl2F2N2O3. The maximum Gasteiger partial charge on any atom is 0.326 e. The summed E-state index contributed by atoms with van der Waals surface area (Å²) in [6, 6.07) is 12.2. The first kappa shape index (κ1) is 25.5. The molecule has 0 aliphatic carbocycles. The highest BCUT2D eigenvalue weighted by atomic mass is 35.5. The lowest BCUT2D eigenvalue weighted by Crippen LogP contribution is -2.35. The molecule has 1 atom stereocenters. The van der Waals surface area contributed by atoms with Crippen LogP contribution in [0.5, 0.6) is 5.75 Å². The molecule has 0 spiro atoms. The van der Waals surface area contributed by atoms with Crippen LogP contribution in [0.1, 0.15) is 47.4 Å². The molecule has 3 amide bonds. The highest BCUT2D eigenvalue weighted by Crippen LogP contribution is 2.34. The van der Waals surface area contributed by atoms with Crippen LogP contribution in [-0.4, -0.2) is 11.9 Å². The van der Waals surface area contributed by atoms with Crippen molar-refractivity contribution in [1.82, 2.24) is 5.32 Å². The van der Waals surface area contributed by atoms with E-state index in [0.29, 0.717) is 21.5 Å². The maximum absolute atomic E-state index is 13.7. The molecule has 0 radical (unpaired) electrons. The van der Waals surface area contributed by atoms with E-state index in [-0.39, 0.29) is 6.10 Å². The number of nitrogens with one attached hydrogen (secondary N) is 2. The Labute approximate surface area is 206 Å². The Balaban J connectivity index is 1.70. The zero-order chi connectivity index (χ0) is 24.8. The highest BCUT2D eigenvalue weighted by Gasteiger charge is 2.20. The first-order valence-electron chi connectivity index (χ1n) is 10.5. The maximum atomic E-state index is 13.7. The SMILES string of the molecule is CCCC(Oc1ccc(NC(=O)NC(=O)c2c(F)cccc2F)cc1C)c1ccc(Cl)cc1Cl. The van der Waals surface area contributed by atoms with Crippen molar-refractivity contribution < 1.29 is 23.1 Å². The van der Waals surface area contributed by atoms with E-state index in [4.69, 9.17) is 27.9 Å². The molecule has 0 aliphatic rings. The summed E-state index contributed by atoms with van der Waals surface area (Å²) >= 11 is 12.4. The molecule has 178 valence electrons. The van der Waals surface area contributed by atoms with Crippen LogP contribution >= 0.6 is 23.2 Å². The second kappa shape index (κ2) is 11.3. The van der Waals surface area contributed by atoms with Gasteiger partial charge in [0.05, 0.1) is 0 Å². The lowest BCUT2D eigenvalue weighted by molar-refractivity contribution is 0.0959. The van der Waals surface area contributed by atoms with Gasteiger partial charge in [-0.15, -0.1) is 0 Å². The topological polar surface area (TPSA) is 67.4 Å². The van der Waals surface area contributed by atoms with Gasteiger partial charge in [-0.1, -0.05) is 48.7 Å². The van der Waals surface area contributed by atoms with Crippen LogP contribution in [0.15, 0.2) is 54.6 Å². The van der Waals surface area contributed by atoms with Gasteiger partial charge in [-0.05, 0) is 61.4 Å². The molecule has 0 bridgehead atoms. The fourth-order valence-electron chi connectivity index (χ4n) is 3.36. The van der Waals surface area contributed by atoms with Crippen molar-refractivity contribution in [3.63, 3.8) is 0 Å². The third kappa shape index (κ3) is 6.24. The molecule has 9 heteroatoms. The highest BCUT2D eigenvalue weighted by molar-refractivity contribution is 6.35. The molecule has 2 N–H and O–H groups in total. The van der Waals surface area contributed by atoms with Crippen LogP contribution in [0, 0.1) is 18.6 Å². The monoisotopic (exact) mass is 506 g/mol. The number of rotatable bonds is 7. The van der Waals surface area contributed by atoms with Crippen LogP contribution in [0.3, 0.4) is 0 Å². The van der Waals surface area contributed by atoms with Crippen molar-refractivity contribution in [1.29, 1.82) is 0 Å². The fraction of sp³-hybridized carbons (Fsp3) is 0.200. The Kier molecular flexibility index (Phi) is 8.47. The van der Waals surface area contributed by atoms with Gasteiger partial charge in [0.25, 0.3) is 5.91 Å². The number of carbonyl (C=O) groups is 2. The average molecular weight is 507 g/mol. The van der Waals surface area contributed by atoms with Gasteiger partial charge in [0, 0.05) is 21.3 Å². The van der Waals surface area contributed by atoms with Crippen molar-refractivity contribution in [3.8, 4) is 5.75 Å². The number of halogens is 4. The minimum Gasteiger partial charge on any atom is -0.485 e. The minimum atomic E-state index is -1.19. The quantitative estimate of drug-likeness (QED) is 0.349. The fourth-order valence-corrected chi connectivity index (χ4v) is 3.89. The standard InChI is InChI=1S/C25H22Cl2F2N2O3/c1-3-5-22(17-10-8-15(26)13-18(17)27)34-21-11-9-16(12-14(21)2)30-25(33)31-24(32)23-19(28)6-4-7-20(23)29/h4,6-13,22H,3,5H2,1-2H3,(H2,30,31,32,33). The van der Waals surface area contributed by atoms with E-state index >= 15 is 0 Å². The van der Waals surface area contributed by atoms with Crippen LogP contribution in [0.2, 0.25) is 10.0 Å². The number of imide groups is 1. The van der Waals surface area contributed by atoms with Crippen LogP contribution in [0.4, 0.5) is 19.3 Å². The first-order valence-corrected chi connectivity index (χ1v) is 11.2. The lowest BCUT2D eigenvalue weighted by Gasteiger charge is -2.22. The van der Waals surface area contributed by atoms with E-state index in [2.05, 4.69) is 5.32 Å². The van der Waals surface area contributed by atoms with E-state index in [0.717, 1.165) is 42.2 Å². The first-order chi connectivity index (χ1) is 16.2. The van der Waals surface area contributed by atoms with Gasteiger partial charge in [-0.25, -0.2) is 13.6 Å². The third-order valence-corrected chi connectivity index (χ3v) is 5.54. The number of ether oxygens (including phenoxy) is 1. The van der Waals surface area contributed by atoms with Gasteiger partial charge in [0.2, 0.25) is 0 Å². The van der Waals surface area contributed by atoms with E-state index in [1.54, 1.807) is 37.3 Å². The Morgan fingerprint density at radius 3 is 2.35 bits per heavy atom. The van der Waals surface area contributed by atoms with Gasteiger partial charge < -0.3 is 10.1 Å². The van der Waals surface area contributed by atoms with Crippen molar-refractivity contribution >= 4 is 40.8 Å². The summed E-state index contributed by atoms with van der Waals surface area (Å²) in [5, 5.41) is 5.43. The molecular weight excluding hydrogens is 485 g/mol. The Morgan fingerprint density at radius 1 is 1.03 bits per heavy atom. The summed E-state index contributed by atoms with van der Waals surface area (Å²) in [6.45, 7) is 3.83.